The number of ether oxygens (including phenoxy) is 1. The maximum atomic E-state index is 12.4. The van der Waals surface area contributed by atoms with Crippen LogP contribution in [0.5, 0.6) is 0 Å². The Morgan fingerprint density at radius 1 is 0.529 bits per heavy atom. The molecule has 6 heteroatoms. The highest BCUT2D eigenvalue weighted by Gasteiger charge is 2.18. The lowest BCUT2D eigenvalue weighted by Crippen LogP contribution is -2.45. The summed E-state index contributed by atoms with van der Waals surface area (Å²) < 4.78 is 5.42. The van der Waals surface area contributed by atoms with E-state index in [-0.39, 0.29) is 18.5 Å². The Hall–Kier alpha value is -1.66. The molecule has 300 valence electrons. The molecule has 0 aromatic rings. The normalized spacial score (nSPS) is 12.9. The number of aliphatic hydroxyl groups is 2. The molecule has 6 nitrogen and oxygen atoms in total. The lowest BCUT2D eigenvalue weighted by Gasteiger charge is -2.20. The molecule has 0 saturated heterocycles. The highest BCUT2D eigenvalue weighted by atomic mass is 16.5. The van der Waals surface area contributed by atoms with Crippen molar-refractivity contribution in [2.45, 2.75) is 238 Å². The van der Waals surface area contributed by atoms with Crippen LogP contribution in [0.4, 0.5) is 0 Å². The number of hydrogen-bond acceptors (Lipinski definition) is 5. The molecule has 1 amide bonds. The summed E-state index contributed by atoms with van der Waals surface area (Å²) in [6.45, 7) is 4.80. The maximum absolute atomic E-state index is 12.4. The maximum Gasteiger partial charge on any atom is 0.305 e. The van der Waals surface area contributed by atoms with Gasteiger partial charge in [0.1, 0.15) is 0 Å². The third-order valence-corrected chi connectivity index (χ3v) is 9.97. The summed E-state index contributed by atoms with van der Waals surface area (Å²) in [5.74, 6) is -0.110. The molecule has 0 aromatic carbocycles. The zero-order valence-electron chi connectivity index (χ0n) is 33.8. The second-order valence-corrected chi connectivity index (χ2v) is 15.0. The first-order chi connectivity index (χ1) is 25.0. The van der Waals surface area contributed by atoms with Crippen molar-refractivity contribution in [1.29, 1.82) is 0 Å². The third-order valence-electron chi connectivity index (χ3n) is 9.97. The molecule has 0 aliphatic heterocycles. The molecule has 2 unspecified atom stereocenters. The van der Waals surface area contributed by atoms with Crippen LogP contribution in [0.3, 0.4) is 0 Å². The number of hydrogen-bond donors (Lipinski definition) is 3. The van der Waals surface area contributed by atoms with Crippen LogP contribution in [0.15, 0.2) is 24.3 Å². The van der Waals surface area contributed by atoms with Crippen LogP contribution in [-0.4, -0.2) is 47.4 Å². The molecule has 0 heterocycles. The van der Waals surface area contributed by atoms with Crippen molar-refractivity contribution in [3.05, 3.63) is 24.3 Å². The van der Waals surface area contributed by atoms with Gasteiger partial charge in [-0.2, -0.15) is 0 Å². The standard InChI is InChI=1S/C45H85NO5/c1-3-5-7-9-11-13-17-21-25-29-33-37-43(48)42(41-47)46-44(49)38-34-30-26-22-19-15-16-20-24-28-32-36-40-51-45(50)39-35-31-27-23-18-14-12-10-8-6-4-2/h10,12,33,37,42-43,47-48H,3-9,11,13-32,34-36,38-41H2,1-2H3,(H,46,49)/b12-10-,37-33+. The van der Waals surface area contributed by atoms with Gasteiger partial charge in [0.2, 0.25) is 5.91 Å². The van der Waals surface area contributed by atoms with Crippen molar-refractivity contribution in [1.82, 2.24) is 5.32 Å². The molecule has 0 rings (SSSR count). The van der Waals surface area contributed by atoms with Gasteiger partial charge >= 0.3 is 5.97 Å². The zero-order valence-corrected chi connectivity index (χ0v) is 33.8. The number of rotatable bonds is 40. The van der Waals surface area contributed by atoms with Crippen LogP contribution in [0, 0.1) is 0 Å². The Morgan fingerprint density at radius 3 is 1.45 bits per heavy atom. The van der Waals surface area contributed by atoms with Gasteiger partial charge in [-0.1, -0.05) is 186 Å². The number of carbonyl (C=O) groups excluding carboxylic acids is 2. The first-order valence-electron chi connectivity index (χ1n) is 22.1. The van der Waals surface area contributed by atoms with Gasteiger partial charge in [0.15, 0.2) is 0 Å². The minimum atomic E-state index is -0.852. The number of unbranched alkanes of at least 4 members (excludes halogenated alkanes) is 27. The molecular formula is C45H85NO5. The van der Waals surface area contributed by atoms with E-state index in [0.717, 1.165) is 57.8 Å². The van der Waals surface area contributed by atoms with Crippen LogP contribution in [0.1, 0.15) is 226 Å². The van der Waals surface area contributed by atoms with Gasteiger partial charge in [-0.3, -0.25) is 9.59 Å². The van der Waals surface area contributed by atoms with Gasteiger partial charge in [0, 0.05) is 12.8 Å². The number of nitrogens with one attached hydrogen (secondary N) is 1. The number of carbonyl (C=O) groups is 2. The summed E-state index contributed by atoms with van der Waals surface area (Å²) in [5.41, 5.74) is 0. The second kappa shape index (κ2) is 41.1. The van der Waals surface area contributed by atoms with Crippen molar-refractivity contribution in [3.63, 3.8) is 0 Å². The second-order valence-electron chi connectivity index (χ2n) is 15.0. The van der Waals surface area contributed by atoms with Crippen molar-refractivity contribution < 1.29 is 24.5 Å². The predicted molar refractivity (Wildman–Crippen MR) is 218 cm³/mol. The number of esters is 1. The van der Waals surface area contributed by atoms with Gasteiger partial charge in [-0.25, -0.2) is 0 Å². The molecule has 2 atom stereocenters. The summed E-state index contributed by atoms with van der Waals surface area (Å²) in [7, 11) is 0. The van der Waals surface area contributed by atoms with Crippen molar-refractivity contribution in [3.8, 4) is 0 Å². The topological polar surface area (TPSA) is 95.9 Å². The van der Waals surface area contributed by atoms with Gasteiger partial charge in [-0.05, 0) is 51.4 Å². The summed E-state index contributed by atoms with van der Waals surface area (Å²) in [5, 5.41) is 22.9. The van der Waals surface area contributed by atoms with Crippen molar-refractivity contribution in [2.75, 3.05) is 13.2 Å². The van der Waals surface area contributed by atoms with Crippen LogP contribution in [-0.2, 0) is 14.3 Å². The first-order valence-corrected chi connectivity index (χ1v) is 22.1. The van der Waals surface area contributed by atoms with E-state index in [1.807, 2.05) is 6.08 Å². The smallest absolute Gasteiger partial charge is 0.305 e. The molecule has 0 aromatic heterocycles. The fraction of sp³-hybridized carbons (Fsp3) is 0.867. The number of aliphatic hydroxyl groups excluding tert-OH is 2. The number of amides is 1. The first kappa shape index (κ1) is 49.3. The largest absolute Gasteiger partial charge is 0.466 e. The van der Waals surface area contributed by atoms with Crippen LogP contribution >= 0.6 is 0 Å². The number of allylic oxidation sites excluding steroid dienone is 3. The lowest BCUT2D eigenvalue weighted by molar-refractivity contribution is -0.143. The Balaban J connectivity index is 3.51. The van der Waals surface area contributed by atoms with E-state index in [1.165, 1.54) is 141 Å². The van der Waals surface area contributed by atoms with E-state index in [2.05, 4.69) is 31.3 Å². The fourth-order valence-electron chi connectivity index (χ4n) is 6.49. The molecule has 51 heavy (non-hydrogen) atoms. The summed E-state index contributed by atoms with van der Waals surface area (Å²) >= 11 is 0. The molecule has 0 saturated carbocycles. The Labute approximate surface area is 316 Å². The van der Waals surface area contributed by atoms with Gasteiger partial charge in [0.25, 0.3) is 0 Å². The van der Waals surface area contributed by atoms with E-state index in [4.69, 9.17) is 4.74 Å². The minimum Gasteiger partial charge on any atom is -0.466 e. The average molecular weight is 720 g/mol. The van der Waals surface area contributed by atoms with Crippen molar-refractivity contribution >= 4 is 11.9 Å². The molecule has 0 fully saturated rings. The average Bonchev–Trinajstić information content (AvgIpc) is 3.13. The molecule has 3 N–H and O–H groups in total. The fourth-order valence-corrected chi connectivity index (χ4v) is 6.49. The summed E-state index contributed by atoms with van der Waals surface area (Å²) in [6.07, 6.45) is 45.8. The Morgan fingerprint density at radius 2 is 0.941 bits per heavy atom. The van der Waals surface area contributed by atoms with Crippen LogP contribution in [0.2, 0.25) is 0 Å². The summed E-state index contributed by atoms with van der Waals surface area (Å²) in [6, 6.07) is -0.637. The molecule has 0 aliphatic carbocycles. The van der Waals surface area contributed by atoms with Gasteiger partial charge < -0.3 is 20.3 Å². The monoisotopic (exact) mass is 720 g/mol. The minimum absolute atomic E-state index is 0.0230. The highest BCUT2D eigenvalue weighted by molar-refractivity contribution is 5.76. The van der Waals surface area contributed by atoms with E-state index < -0.39 is 12.1 Å². The third kappa shape index (κ3) is 37.9. The highest BCUT2D eigenvalue weighted by Crippen LogP contribution is 2.14. The predicted octanol–water partition coefficient (Wildman–Crippen LogP) is 12.4. The Kier molecular flexibility index (Phi) is 39.8. The van der Waals surface area contributed by atoms with Crippen LogP contribution in [0.25, 0.3) is 0 Å². The van der Waals surface area contributed by atoms with Crippen molar-refractivity contribution in [2.24, 2.45) is 0 Å². The van der Waals surface area contributed by atoms with Crippen LogP contribution < -0.4 is 5.32 Å². The van der Waals surface area contributed by atoms with E-state index in [1.54, 1.807) is 6.08 Å². The summed E-state index contributed by atoms with van der Waals surface area (Å²) in [4.78, 5) is 24.3. The van der Waals surface area contributed by atoms with E-state index in [9.17, 15) is 19.8 Å². The quantitative estimate of drug-likeness (QED) is 0.0333. The molecule has 0 spiro atoms. The zero-order chi connectivity index (χ0) is 37.3. The van der Waals surface area contributed by atoms with E-state index >= 15 is 0 Å². The van der Waals surface area contributed by atoms with Gasteiger partial charge in [0.05, 0.1) is 25.4 Å². The molecule has 0 aliphatic rings. The molecule has 0 bridgehead atoms. The van der Waals surface area contributed by atoms with Gasteiger partial charge in [-0.15, -0.1) is 0 Å². The SMILES string of the molecule is CCCC/C=C\CCCCCCCC(=O)OCCCCCCCCCCCCCCC(=O)NC(CO)C(O)/C=C/CCCCCCCCCCC. The molecular weight excluding hydrogens is 634 g/mol. The molecule has 0 radical (unpaired) electrons. The van der Waals surface area contributed by atoms with E-state index in [0.29, 0.717) is 19.4 Å². The Bertz CT molecular complexity index is 797. The lowest BCUT2D eigenvalue weighted by atomic mass is 10.0.